The van der Waals surface area contributed by atoms with Crippen LogP contribution in [0.5, 0.6) is 0 Å². The lowest BCUT2D eigenvalue weighted by atomic mass is 10.0. The van der Waals surface area contributed by atoms with Gasteiger partial charge in [0.05, 0.1) is 12.6 Å². The van der Waals surface area contributed by atoms with E-state index in [1.165, 1.54) is 0 Å². The van der Waals surface area contributed by atoms with Gasteiger partial charge >= 0.3 is 5.97 Å². The molecule has 0 aliphatic heterocycles. The number of hydrogen-bond acceptors (Lipinski definition) is 3. The minimum atomic E-state index is -0.968. The van der Waals surface area contributed by atoms with Gasteiger partial charge in [0, 0.05) is 0 Å². The molecule has 0 radical (unpaired) electrons. The normalized spacial score (nSPS) is 14.3. The van der Waals surface area contributed by atoms with Gasteiger partial charge < -0.3 is 10.2 Å². The van der Waals surface area contributed by atoms with Crippen molar-refractivity contribution < 1.29 is 15.0 Å². The Morgan fingerprint density at radius 3 is 2.17 bits per heavy atom. The molecule has 4 heteroatoms. The van der Waals surface area contributed by atoms with Crippen LogP contribution >= 0.6 is 0 Å². The van der Waals surface area contributed by atoms with Crippen molar-refractivity contribution in [2.45, 2.75) is 19.0 Å². The molecule has 120 valence electrons. The second-order valence-electron chi connectivity index (χ2n) is 5.38. The van der Waals surface area contributed by atoms with E-state index in [4.69, 9.17) is 0 Å². The average Bonchev–Trinajstić information content (AvgIpc) is 2.57. The maximum Gasteiger partial charge on any atom is 0.325 e. The third-order valence-electron chi connectivity index (χ3n) is 3.65. The third-order valence-corrected chi connectivity index (χ3v) is 3.65. The number of carboxylic acids is 1. The predicted molar refractivity (Wildman–Crippen MR) is 90.9 cm³/mol. The van der Waals surface area contributed by atoms with E-state index < -0.39 is 18.1 Å². The number of nitrogens with one attached hydrogen (secondary N) is 1. The van der Waals surface area contributed by atoms with Gasteiger partial charge in [-0.2, -0.15) is 0 Å². The number of aliphatic hydroxyl groups is 1. The molecule has 0 heterocycles. The van der Waals surface area contributed by atoms with Crippen molar-refractivity contribution in [1.82, 2.24) is 5.32 Å². The van der Waals surface area contributed by atoms with Crippen molar-refractivity contribution in [2.24, 2.45) is 0 Å². The van der Waals surface area contributed by atoms with Crippen molar-refractivity contribution in [2.75, 3.05) is 6.61 Å². The second-order valence-corrected chi connectivity index (χ2v) is 5.38. The van der Waals surface area contributed by atoms with Crippen LogP contribution in [0.4, 0.5) is 0 Å². The maximum absolute atomic E-state index is 11.6. The number of hydrogen-bond donors (Lipinski definition) is 3. The van der Waals surface area contributed by atoms with E-state index in [1.807, 2.05) is 66.7 Å². The topological polar surface area (TPSA) is 69.6 Å². The molecule has 0 bridgehead atoms. The molecule has 0 saturated heterocycles. The lowest BCUT2D eigenvalue weighted by Crippen LogP contribution is -2.41. The monoisotopic (exact) mass is 311 g/mol. The molecule has 0 aliphatic rings. The minimum absolute atomic E-state index is 0.174. The SMILES string of the molecule is CC(=Cc1ccccc1)C(NC(CO)c1ccccc1)C(=O)O. The zero-order valence-corrected chi connectivity index (χ0v) is 13.0. The Balaban J connectivity index is 2.21. The first kappa shape index (κ1) is 16.9. The fraction of sp³-hybridized carbons (Fsp3) is 0.211. The van der Waals surface area contributed by atoms with Crippen LogP contribution in [0, 0.1) is 0 Å². The first-order valence-corrected chi connectivity index (χ1v) is 7.49. The van der Waals surface area contributed by atoms with Crippen LogP contribution in [0.3, 0.4) is 0 Å². The van der Waals surface area contributed by atoms with Gasteiger partial charge in [0.1, 0.15) is 6.04 Å². The molecule has 2 rings (SSSR count). The highest BCUT2D eigenvalue weighted by Gasteiger charge is 2.23. The Morgan fingerprint density at radius 2 is 1.65 bits per heavy atom. The van der Waals surface area contributed by atoms with Gasteiger partial charge in [-0.1, -0.05) is 66.7 Å². The van der Waals surface area contributed by atoms with Gasteiger partial charge in [-0.05, 0) is 23.6 Å². The lowest BCUT2D eigenvalue weighted by molar-refractivity contribution is -0.138. The summed E-state index contributed by atoms with van der Waals surface area (Å²) in [6.45, 7) is 1.60. The molecule has 0 fully saturated rings. The van der Waals surface area contributed by atoms with Crippen LogP contribution in [0.1, 0.15) is 24.1 Å². The summed E-state index contributed by atoms with van der Waals surface area (Å²) in [5.74, 6) is -0.968. The Labute approximate surface area is 136 Å². The molecule has 0 spiro atoms. The highest BCUT2D eigenvalue weighted by atomic mass is 16.4. The summed E-state index contributed by atoms with van der Waals surface area (Å²) in [7, 11) is 0. The van der Waals surface area contributed by atoms with Gasteiger partial charge in [0.2, 0.25) is 0 Å². The van der Waals surface area contributed by atoms with Crippen LogP contribution in [0.15, 0.2) is 66.2 Å². The first-order chi connectivity index (χ1) is 11.1. The van der Waals surface area contributed by atoms with Gasteiger partial charge in [-0.15, -0.1) is 0 Å². The number of carboxylic acid groups (broad SMARTS) is 1. The van der Waals surface area contributed by atoms with Gasteiger partial charge in [0.15, 0.2) is 0 Å². The predicted octanol–water partition coefficient (Wildman–Crippen LogP) is 2.87. The molecule has 23 heavy (non-hydrogen) atoms. The number of carbonyl (C=O) groups is 1. The maximum atomic E-state index is 11.6. The molecule has 2 aromatic rings. The Morgan fingerprint density at radius 1 is 1.09 bits per heavy atom. The molecule has 3 N–H and O–H groups in total. The first-order valence-electron chi connectivity index (χ1n) is 7.49. The molecule has 2 aromatic carbocycles. The fourth-order valence-electron chi connectivity index (χ4n) is 2.43. The van der Waals surface area contributed by atoms with E-state index in [1.54, 1.807) is 6.92 Å². The molecular weight excluding hydrogens is 290 g/mol. The minimum Gasteiger partial charge on any atom is -0.480 e. The average molecular weight is 311 g/mol. The molecule has 0 saturated carbocycles. The summed E-state index contributed by atoms with van der Waals surface area (Å²) >= 11 is 0. The molecule has 0 amide bonds. The van der Waals surface area contributed by atoms with Crippen LogP contribution in [-0.4, -0.2) is 28.8 Å². The van der Waals surface area contributed by atoms with Crippen molar-refractivity contribution in [1.29, 1.82) is 0 Å². The summed E-state index contributed by atoms with van der Waals surface area (Å²) in [4.78, 5) is 11.6. The van der Waals surface area contributed by atoms with Crippen molar-refractivity contribution >= 4 is 12.0 Å². The van der Waals surface area contributed by atoms with Crippen molar-refractivity contribution in [3.05, 3.63) is 77.4 Å². The van der Waals surface area contributed by atoms with E-state index in [-0.39, 0.29) is 6.61 Å². The Kier molecular flexibility index (Phi) is 6.09. The number of aliphatic carboxylic acids is 1. The van der Waals surface area contributed by atoms with Crippen molar-refractivity contribution in [3.8, 4) is 0 Å². The number of benzene rings is 2. The fourth-order valence-corrected chi connectivity index (χ4v) is 2.43. The third kappa shape index (κ3) is 4.77. The number of rotatable bonds is 7. The molecule has 0 aromatic heterocycles. The summed E-state index contributed by atoms with van der Waals surface area (Å²) in [5, 5.41) is 22.2. The quantitative estimate of drug-likeness (QED) is 0.735. The van der Waals surface area contributed by atoms with Crippen LogP contribution < -0.4 is 5.32 Å². The van der Waals surface area contributed by atoms with Crippen molar-refractivity contribution in [3.63, 3.8) is 0 Å². The standard InChI is InChI=1S/C19H21NO3/c1-14(12-15-8-4-2-5-9-15)18(19(22)23)20-17(13-21)16-10-6-3-7-11-16/h2-12,17-18,20-21H,13H2,1H3,(H,22,23). The molecular formula is C19H21NO3. The van der Waals surface area contributed by atoms with Gasteiger partial charge in [-0.25, -0.2) is 0 Å². The van der Waals surface area contributed by atoms with Gasteiger partial charge in [-0.3, -0.25) is 10.1 Å². The van der Waals surface area contributed by atoms with Gasteiger partial charge in [0.25, 0.3) is 0 Å². The van der Waals surface area contributed by atoms with E-state index >= 15 is 0 Å². The second kappa shape index (κ2) is 8.27. The Hall–Kier alpha value is -2.43. The van der Waals surface area contributed by atoms with E-state index in [9.17, 15) is 15.0 Å². The van der Waals surface area contributed by atoms with Crippen LogP contribution in [0.2, 0.25) is 0 Å². The highest BCUT2D eigenvalue weighted by Crippen LogP contribution is 2.16. The molecule has 0 aliphatic carbocycles. The number of aliphatic hydroxyl groups excluding tert-OH is 1. The van der Waals surface area contributed by atoms with E-state index in [0.29, 0.717) is 5.57 Å². The Bertz CT molecular complexity index is 653. The summed E-state index contributed by atoms with van der Waals surface area (Å²) in [6.07, 6.45) is 1.84. The van der Waals surface area contributed by atoms with Crippen LogP contribution in [-0.2, 0) is 4.79 Å². The smallest absolute Gasteiger partial charge is 0.325 e. The summed E-state index contributed by atoms with van der Waals surface area (Å²) in [6, 6.07) is 17.6. The highest BCUT2D eigenvalue weighted by molar-refractivity contribution is 5.79. The molecule has 4 nitrogen and oxygen atoms in total. The largest absolute Gasteiger partial charge is 0.480 e. The van der Waals surface area contributed by atoms with Crippen LogP contribution in [0.25, 0.3) is 6.08 Å². The van der Waals surface area contributed by atoms with E-state index in [2.05, 4.69) is 5.32 Å². The van der Waals surface area contributed by atoms with E-state index in [0.717, 1.165) is 11.1 Å². The molecule has 2 atom stereocenters. The molecule has 2 unspecified atom stereocenters. The lowest BCUT2D eigenvalue weighted by Gasteiger charge is -2.23. The zero-order chi connectivity index (χ0) is 16.7. The summed E-state index contributed by atoms with van der Waals surface area (Å²) in [5.41, 5.74) is 2.48. The summed E-state index contributed by atoms with van der Waals surface area (Å²) < 4.78 is 0. The zero-order valence-electron chi connectivity index (χ0n) is 13.0.